The minimum Gasteiger partial charge on any atom is -0.348 e. The van der Waals surface area contributed by atoms with Crippen LogP contribution in [-0.2, 0) is 4.79 Å². The van der Waals surface area contributed by atoms with Crippen molar-refractivity contribution in [2.75, 3.05) is 6.54 Å². The van der Waals surface area contributed by atoms with Gasteiger partial charge < -0.3 is 10.6 Å². The standard InChI is InChI=1S/C9H16N2O/c1-4-8(12)11-7-5-6-10-9(7,2)3/h4,7,10H,1,5-6H2,2-3H3,(H,11,12). The van der Waals surface area contributed by atoms with Crippen LogP contribution in [0.3, 0.4) is 0 Å². The summed E-state index contributed by atoms with van der Waals surface area (Å²) in [4.78, 5) is 11.0. The molecule has 0 aromatic carbocycles. The zero-order valence-electron chi connectivity index (χ0n) is 7.68. The second-order valence-corrected chi connectivity index (χ2v) is 3.70. The number of amides is 1. The second kappa shape index (κ2) is 3.27. The van der Waals surface area contributed by atoms with Crippen LogP contribution in [0.25, 0.3) is 0 Å². The molecule has 1 amide bonds. The van der Waals surface area contributed by atoms with E-state index in [-0.39, 0.29) is 17.5 Å². The van der Waals surface area contributed by atoms with E-state index in [1.165, 1.54) is 6.08 Å². The van der Waals surface area contributed by atoms with Gasteiger partial charge in [-0.2, -0.15) is 0 Å². The molecule has 0 spiro atoms. The lowest BCUT2D eigenvalue weighted by Crippen LogP contribution is -2.50. The largest absolute Gasteiger partial charge is 0.348 e. The maximum Gasteiger partial charge on any atom is 0.243 e. The van der Waals surface area contributed by atoms with E-state index >= 15 is 0 Å². The molecule has 3 nitrogen and oxygen atoms in total. The van der Waals surface area contributed by atoms with Crippen molar-refractivity contribution in [2.45, 2.75) is 31.8 Å². The molecule has 1 aliphatic rings. The topological polar surface area (TPSA) is 41.1 Å². The number of hydrogen-bond donors (Lipinski definition) is 2. The van der Waals surface area contributed by atoms with Gasteiger partial charge in [0, 0.05) is 11.6 Å². The molecule has 0 saturated carbocycles. The number of rotatable bonds is 2. The number of hydrogen-bond acceptors (Lipinski definition) is 2. The summed E-state index contributed by atoms with van der Waals surface area (Å²) in [7, 11) is 0. The Morgan fingerprint density at radius 1 is 1.75 bits per heavy atom. The van der Waals surface area contributed by atoms with E-state index in [4.69, 9.17) is 0 Å². The van der Waals surface area contributed by atoms with Crippen LogP contribution in [0.2, 0.25) is 0 Å². The van der Waals surface area contributed by atoms with Crippen molar-refractivity contribution in [2.24, 2.45) is 0 Å². The quantitative estimate of drug-likeness (QED) is 0.587. The van der Waals surface area contributed by atoms with Crippen LogP contribution in [0.1, 0.15) is 20.3 Å². The van der Waals surface area contributed by atoms with Gasteiger partial charge in [0.1, 0.15) is 0 Å². The van der Waals surface area contributed by atoms with Gasteiger partial charge in [-0.25, -0.2) is 0 Å². The zero-order chi connectivity index (χ0) is 9.19. The highest BCUT2D eigenvalue weighted by Crippen LogP contribution is 2.18. The lowest BCUT2D eigenvalue weighted by Gasteiger charge is -2.27. The summed E-state index contributed by atoms with van der Waals surface area (Å²) in [6, 6.07) is 0.225. The van der Waals surface area contributed by atoms with Crippen LogP contribution in [0.4, 0.5) is 0 Å². The third-order valence-corrected chi connectivity index (χ3v) is 2.39. The molecule has 0 bridgehead atoms. The molecule has 1 saturated heterocycles. The van der Waals surface area contributed by atoms with E-state index in [1.54, 1.807) is 0 Å². The molecular weight excluding hydrogens is 152 g/mol. The van der Waals surface area contributed by atoms with Crippen molar-refractivity contribution in [1.29, 1.82) is 0 Å². The van der Waals surface area contributed by atoms with Crippen molar-refractivity contribution < 1.29 is 4.79 Å². The van der Waals surface area contributed by atoms with E-state index in [1.807, 2.05) is 0 Å². The summed E-state index contributed by atoms with van der Waals surface area (Å²) < 4.78 is 0. The molecule has 1 rings (SSSR count). The number of nitrogens with one attached hydrogen (secondary N) is 2. The van der Waals surface area contributed by atoms with Gasteiger partial charge in [0.2, 0.25) is 5.91 Å². The van der Waals surface area contributed by atoms with Crippen molar-refractivity contribution in [3.8, 4) is 0 Å². The van der Waals surface area contributed by atoms with Crippen LogP contribution in [0, 0.1) is 0 Å². The monoisotopic (exact) mass is 168 g/mol. The van der Waals surface area contributed by atoms with Gasteiger partial charge >= 0.3 is 0 Å². The van der Waals surface area contributed by atoms with Gasteiger partial charge in [-0.3, -0.25) is 4.79 Å². The highest BCUT2D eigenvalue weighted by Gasteiger charge is 2.34. The van der Waals surface area contributed by atoms with Crippen LogP contribution < -0.4 is 10.6 Å². The Bertz CT molecular complexity index is 199. The molecular formula is C9H16N2O. The summed E-state index contributed by atoms with van der Waals surface area (Å²) in [6.07, 6.45) is 2.31. The van der Waals surface area contributed by atoms with E-state index in [2.05, 4.69) is 31.1 Å². The Morgan fingerprint density at radius 3 is 2.83 bits per heavy atom. The highest BCUT2D eigenvalue weighted by atomic mass is 16.1. The predicted octanol–water partition coefficient (Wildman–Crippen LogP) is 0.429. The first-order chi connectivity index (χ1) is 5.56. The molecule has 3 heteroatoms. The lowest BCUT2D eigenvalue weighted by molar-refractivity contribution is -0.117. The van der Waals surface area contributed by atoms with Crippen molar-refractivity contribution in [3.05, 3.63) is 12.7 Å². The molecule has 1 heterocycles. The summed E-state index contributed by atoms with van der Waals surface area (Å²) >= 11 is 0. The molecule has 0 aliphatic carbocycles. The molecule has 0 radical (unpaired) electrons. The number of carbonyl (C=O) groups excluding carboxylic acids is 1. The maximum absolute atomic E-state index is 11.0. The Kier molecular flexibility index (Phi) is 2.52. The maximum atomic E-state index is 11.0. The molecule has 0 aromatic heterocycles. The van der Waals surface area contributed by atoms with Crippen LogP contribution >= 0.6 is 0 Å². The van der Waals surface area contributed by atoms with E-state index in [0.717, 1.165) is 13.0 Å². The van der Waals surface area contributed by atoms with Gasteiger partial charge in [-0.05, 0) is 32.9 Å². The first-order valence-corrected chi connectivity index (χ1v) is 4.24. The van der Waals surface area contributed by atoms with E-state index in [9.17, 15) is 4.79 Å². The molecule has 1 unspecified atom stereocenters. The van der Waals surface area contributed by atoms with Crippen molar-refractivity contribution in [1.82, 2.24) is 10.6 Å². The molecule has 1 atom stereocenters. The number of carbonyl (C=O) groups is 1. The van der Waals surface area contributed by atoms with E-state index < -0.39 is 0 Å². The third kappa shape index (κ3) is 1.85. The minimum absolute atomic E-state index is 0.0126. The summed E-state index contributed by atoms with van der Waals surface area (Å²) in [6.45, 7) is 8.57. The fourth-order valence-electron chi connectivity index (χ4n) is 1.51. The summed E-state index contributed by atoms with van der Waals surface area (Å²) in [5, 5.41) is 6.23. The van der Waals surface area contributed by atoms with Gasteiger partial charge in [0.25, 0.3) is 0 Å². The van der Waals surface area contributed by atoms with Gasteiger partial charge in [0.05, 0.1) is 0 Å². The van der Waals surface area contributed by atoms with Gasteiger partial charge in [-0.15, -0.1) is 0 Å². The minimum atomic E-state index is -0.0863. The van der Waals surface area contributed by atoms with Crippen molar-refractivity contribution in [3.63, 3.8) is 0 Å². The Morgan fingerprint density at radius 2 is 2.42 bits per heavy atom. The smallest absolute Gasteiger partial charge is 0.243 e. The molecule has 12 heavy (non-hydrogen) atoms. The highest BCUT2D eigenvalue weighted by molar-refractivity contribution is 5.87. The van der Waals surface area contributed by atoms with E-state index in [0.29, 0.717) is 0 Å². The average molecular weight is 168 g/mol. The second-order valence-electron chi connectivity index (χ2n) is 3.70. The van der Waals surface area contributed by atoms with Crippen LogP contribution in [0.15, 0.2) is 12.7 Å². The predicted molar refractivity (Wildman–Crippen MR) is 48.8 cm³/mol. The third-order valence-electron chi connectivity index (χ3n) is 2.39. The van der Waals surface area contributed by atoms with Gasteiger partial charge in [-0.1, -0.05) is 6.58 Å². The SMILES string of the molecule is C=CC(=O)NC1CCNC1(C)C. The Balaban J connectivity index is 2.52. The fraction of sp³-hybridized carbons (Fsp3) is 0.667. The molecule has 2 N–H and O–H groups in total. The first kappa shape index (κ1) is 9.26. The van der Waals surface area contributed by atoms with Gasteiger partial charge in [0.15, 0.2) is 0 Å². The summed E-state index contributed by atoms with van der Waals surface area (Å²) in [5.41, 5.74) is 0.0126. The fourth-order valence-corrected chi connectivity index (χ4v) is 1.51. The zero-order valence-corrected chi connectivity index (χ0v) is 7.68. The molecule has 0 aromatic rings. The Labute approximate surface area is 73.2 Å². The molecule has 1 aliphatic heterocycles. The van der Waals surface area contributed by atoms with Crippen LogP contribution in [0.5, 0.6) is 0 Å². The molecule has 68 valence electrons. The lowest BCUT2D eigenvalue weighted by atomic mass is 9.97. The van der Waals surface area contributed by atoms with Crippen LogP contribution in [-0.4, -0.2) is 24.0 Å². The molecule has 1 fully saturated rings. The normalized spacial score (nSPS) is 26.7. The average Bonchev–Trinajstić information content (AvgIpc) is 2.31. The van der Waals surface area contributed by atoms with Crippen molar-refractivity contribution >= 4 is 5.91 Å². The first-order valence-electron chi connectivity index (χ1n) is 4.24. The Hall–Kier alpha value is -0.830. The summed E-state index contributed by atoms with van der Waals surface area (Å²) in [5.74, 6) is -0.0863.